The van der Waals surface area contributed by atoms with Gasteiger partial charge in [0, 0.05) is 22.1 Å². The Hall–Kier alpha value is -1.89. The van der Waals surface area contributed by atoms with Gasteiger partial charge in [0.1, 0.15) is 0 Å². The van der Waals surface area contributed by atoms with Crippen LogP contribution in [-0.2, 0) is 6.42 Å². The Morgan fingerprint density at radius 1 is 1.22 bits per heavy atom. The van der Waals surface area contributed by atoms with Gasteiger partial charge in [-0.1, -0.05) is 12.1 Å². The first-order valence-corrected chi connectivity index (χ1v) is 8.09. The molecule has 0 bridgehead atoms. The zero-order valence-electron chi connectivity index (χ0n) is 12.8. The van der Waals surface area contributed by atoms with E-state index >= 15 is 0 Å². The second-order valence-electron chi connectivity index (χ2n) is 5.19. The summed E-state index contributed by atoms with van der Waals surface area (Å²) in [6, 6.07) is 4.86. The molecule has 1 atom stereocenters. The Balaban J connectivity index is 1.84. The molecule has 0 spiro atoms. The standard InChI is InChI=1S/C16H16F2N2O2S/c1-21-15-16(22-2)20-12(7-19-15)11-5-9-3-4-10(14(17)18)6-13(9)23-8-11/h3-4,6-7,11,14H,5,8H2,1-2H3. The fourth-order valence-corrected chi connectivity index (χ4v) is 3.78. The van der Waals surface area contributed by atoms with Crippen LogP contribution in [0.4, 0.5) is 8.78 Å². The highest BCUT2D eigenvalue weighted by Crippen LogP contribution is 2.39. The molecule has 2 heterocycles. The van der Waals surface area contributed by atoms with Crippen LogP contribution in [0.1, 0.15) is 29.2 Å². The highest BCUT2D eigenvalue weighted by atomic mass is 32.2. The third-order valence-corrected chi connectivity index (χ3v) is 5.04. The van der Waals surface area contributed by atoms with Crippen molar-refractivity contribution in [3.8, 4) is 11.8 Å². The van der Waals surface area contributed by atoms with Crippen molar-refractivity contribution in [2.75, 3.05) is 20.0 Å². The predicted octanol–water partition coefficient (Wildman–Crippen LogP) is 3.86. The minimum atomic E-state index is -2.43. The largest absolute Gasteiger partial charge is 0.477 e. The second kappa shape index (κ2) is 6.70. The highest BCUT2D eigenvalue weighted by molar-refractivity contribution is 7.99. The van der Waals surface area contributed by atoms with E-state index in [0.29, 0.717) is 11.8 Å². The number of methoxy groups -OCH3 is 2. The molecule has 2 aromatic rings. The fourth-order valence-electron chi connectivity index (χ4n) is 2.56. The van der Waals surface area contributed by atoms with Crippen molar-refractivity contribution < 1.29 is 18.3 Å². The van der Waals surface area contributed by atoms with Gasteiger partial charge >= 0.3 is 0 Å². The van der Waals surface area contributed by atoms with E-state index in [1.807, 2.05) is 0 Å². The van der Waals surface area contributed by atoms with Gasteiger partial charge in [0.25, 0.3) is 18.2 Å². The SMILES string of the molecule is COc1ncc(C2CSc3cc(C(F)F)ccc3C2)nc1OC. The van der Waals surface area contributed by atoms with Gasteiger partial charge in [-0.2, -0.15) is 0 Å². The maximum absolute atomic E-state index is 12.8. The molecule has 0 saturated heterocycles. The Labute approximate surface area is 137 Å². The number of hydrogen-bond acceptors (Lipinski definition) is 5. The summed E-state index contributed by atoms with van der Waals surface area (Å²) in [7, 11) is 3.03. The number of nitrogens with zero attached hydrogens (tertiary/aromatic N) is 2. The van der Waals surface area contributed by atoms with Gasteiger partial charge in [0.15, 0.2) is 0 Å². The molecule has 1 aliphatic heterocycles. The third kappa shape index (κ3) is 3.24. The molecule has 0 N–H and O–H groups in total. The first-order chi connectivity index (χ1) is 11.1. The van der Waals surface area contributed by atoms with Crippen molar-refractivity contribution in [3.63, 3.8) is 0 Å². The normalized spacial score (nSPS) is 17.0. The molecule has 1 unspecified atom stereocenters. The van der Waals surface area contributed by atoms with Gasteiger partial charge < -0.3 is 9.47 Å². The van der Waals surface area contributed by atoms with Gasteiger partial charge in [-0.15, -0.1) is 11.8 Å². The molecule has 1 aromatic carbocycles. The van der Waals surface area contributed by atoms with Crippen LogP contribution in [0.5, 0.6) is 11.8 Å². The molecule has 3 rings (SSSR count). The summed E-state index contributed by atoms with van der Waals surface area (Å²) in [5, 5.41) is 0. The summed E-state index contributed by atoms with van der Waals surface area (Å²) in [5.74, 6) is 1.64. The van der Waals surface area contributed by atoms with Crippen LogP contribution in [0.2, 0.25) is 0 Å². The molecule has 0 aliphatic carbocycles. The first kappa shape index (κ1) is 16.0. The Morgan fingerprint density at radius 2 is 2.00 bits per heavy atom. The van der Waals surface area contributed by atoms with Crippen LogP contribution in [-0.4, -0.2) is 29.9 Å². The number of thioether (sulfide) groups is 1. The second-order valence-corrected chi connectivity index (χ2v) is 6.26. The first-order valence-electron chi connectivity index (χ1n) is 7.11. The number of ether oxygens (including phenoxy) is 2. The van der Waals surface area contributed by atoms with Crippen molar-refractivity contribution in [3.05, 3.63) is 41.2 Å². The Morgan fingerprint density at radius 3 is 2.70 bits per heavy atom. The molecular weight excluding hydrogens is 322 g/mol. The summed E-state index contributed by atoms with van der Waals surface area (Å²) in [4.78, 5) is 9.60. The zero-order valence-corrected chi connectivity index (χ0v) is 13.6. The van der Waals surface area contributed by atoms with Crippen molar-refractivity contribution >= 4 is 11.8 Å². The molecule has 23 heavy (non-hydrogen) atoms. The summed E-state index contributed by atoms with van der Waals surface area (Å²) >= 11 is 1.57. The van der Waals surface area contributed by atoms with E-state index in [1.165, 1.54) is 20.3 Å². The summed E-state index contributed by atoms with van der Waals surface area (Å²) in [6.07, 6.45) is -0.00321. The lowest BCUT2D eigenvalue weighted by Gasteiger charge is -2.24. The highest BCUT2D eigenvalue weighted by Gasteiger charge is 2.24. The van der Waals surface area contributed by atoms with Crippen LogP contribution in [0.25, 0.3) is 0 Å². The van der Waals surface area contributed by atoms with Crippen molar-refractivity contribution in [2.45, 2.75) is 23.7 Å². The lowest BCUT2D eigenvalue weighted by Crippen LogP contribution is -2.14. The lowest BCUT2D eigenvalue weighted by molar-refractivity contribution is 0.151. The average molecular weight is 338 g/mol. The van der Waals surface area contributed by atoms with E-state index in [9.17, 15) is 8.78 Å². The zero-order chi connectivity index (χ0) is 16.4. The number of hydrogen-bond donors (Lipinski definition) is 0. The molecule has 0 saturated carbocycles. The summed E-state index contributed by atoms with van der Waals surface area (Å²) < 4.78 is 35.8. The van der Waals surface area contributed by atoms with Gasteiger partial charge in [0.2, 0.25) is 0 Å². The van der Waals surface area contributed by atoms with Gasteiger partial charge in [0.05, 0.1) is 26.1 Å². The van der Waals surface area contributed by atoms with Crippen molar-refractivity contribution in [1.82, 2.24) is 9.97 Å². The average Bonchev–Trinajstić information content (AvgIpc) is 2.60. The topological polar surface area (TPSA) is 44.2 Å². The molecular formula is C16H16F2N2O2S. The van der Waals surface area contributed by atoms with E-state index in [4.69, 9.17) is 9.47 Å². The van der Waals surface area contributed by atoms with Crippen LogP contribution in [0.15, 0.2) is 29.3 Å². The maximum atomic E-state index is 12.8. The number of benzene rings is 1. The monoisotopic (exact) mass is 338 g/mol. The van der Waals surface area contributed by atoms with Crippen molar-refractivity contribution in [1.29, 1.82) is 0 Å². The number of rotatable bonds is 4. The van der Waals surface area contributed by atoms with Gasteiger partial charge in [-0.25, -0.2) is 18.7 Å². The molecule has 1 aliphatic rings. The van der Waals surface area contributed by atoms with E-state index in [-0.39, 0.29) is 11.5 Å². The molecule has 7 heteroatoms. The van der Waals surface area contributed by atoms with E-state index in [2.05, 4.69) is 9.97 Å². The number of aromatic nitrogens is 2. The third-order valence-electron chi connectivity index (χ3n) is 3.78. The molecule has 0 amide bonds. The smallest absolute Gasteiger partial charge is 0.278 e. The van der Waals surface area contributed by atoms with Gasteiger partial charge in [-0.05, 0) is 18.1 Å². The van der Waals surface area contributed by atoms with E-state index in [0.717, 1.165) is 28.3 Å². The molecule has 4 nitrogen and oxygen atoms in total. The number of halogens is 2. The van der Waals surface area contributed by atoms with Crippen LogP contribution < -0.4 is 9.47 Å². The molecule has 0 fully saturated rings. The molecule has 0 radical (unpaired) electrons. The van der Waals surface area contributed by atoms with Gasteiger partial charge in [-0.3, -0.25) is 0 Å². The van der Waals surface area contributed by atoms with Crippen LogP contribution in [0.3, 0.4) is 0 Å². The summed E-state index contributed by atoms with van der Waals surface area (Å²) in [6.45, 7) is 0. The maximum Gasteiger partial charge on any atom is 0.278 e. The number of fused-ring (bicyclic) bond motifs is 1. The molecule has 1 aromatic heterocycles. The Kier molecular flexibility index (Phi) is 4.66. The summed E-state index contributed by atoms with van der Waals surface area (Å²) in [5.41, 5.74) is 1.95. The fraction of sp³-hybridized carbons (Fsp3) is 0.375. The van der Waals surface area contributed by atoms with E-state index in [1.54, 1.807) is 30.1 Å². The Bertz CT molecular complexity index is 712. The van der Waals surface area contributed by atoms with Crippen LogP contribution in [0, 0.1) is 0 Å². The minimum Gasteiger partial charge on any atom is -0.477 e. The van der Waals surface area contributed by atoms with E-state index < -0.39 is 6.43 Å². The van der Waals surface area contributed by atoms with Crippen LogP contribution >= 0.6 is 11.8 Å². The quantitative estimate of drug-likeness (QED) is 0.847. The number of alkyl halides is 2. The molecule has 122 valence electrons. The minimum absolute atomic E-state index is 0.0700. The van der Waals surface area contributed by atoms with Crippen molar-refractivity contribution in [2.24, 2.45) is 0 Å². The predicted molar refractivity (Wildman–Crippen MR) is 83.7 cm³/mol. The lowest BCUT2D eigenvalue weighted by atomic mass is 9.96.